The second kappa shape index (κ2) is 6.64. The summed E-state index contributed by atoms with van der Waals surface area (Å²) < 4.78 is 0. The Balaban J connectivity index is 4.24. The Labute approximate surface area is 90.5 Å². The molecule has 0 aliphatic heterocycles. The monoisotopic (exact) mass is 241 g/mol. The number of aliphatic carboxylic acids is 2. The van der Waals surface area contributed by atoms with E-state index < -0.39 is 25.0 Å². The third-order valence-corrected chi connectivity index (χ3v) is 1.81. The summed E-state index contributed by atoms with van der Waals surface area (Å²) >= 11 is 10.8. The smallest absolute Gasteiger partial charge is 0.317 e. The lowest BCUT2D eigenvalue weighted by atomic mass is 10.4. The normalized spacial score (nSPS) is 11.8. The van der Waals surface area contributed by atoms with E-state index >= 15 is 0 Å². The van der Waals surface area contributed by atoms with Gasteiger partial charge in [-0.25, -0.2) is 0 Å². The van der Waals surface area contributed by atoms with Crippen molar-refractivity contribution in [2.24, 2.45) is 0 Å². The van der Waals surface area contributed by atoms with Crippen LogP contribution in [0.2, 0.25) is 0 Å². The maximum absolute atomic E-state index is 10.3. The van der Waals surface area contributed by atoms with Crippen LogP contribution in [-0.2, 0) is 9.59 Å². The molecule has 2 N–H and O–H groups in total. The van der Waals surface area contributed by atoms with Gasteiger partial charge >= 0.3 is 11.9 Å². The van der Waals surface area contributed by atoms with Crippen molar-refractivity contribution in [2.45, 2.75) is 0 Å². The van der Waals surface area contributed by atoms with E-state index in [0.29, 0.717) is 0 Å². The molecule has 80 valence electrons. The Bertz CT molecular complexity index is 238. The molecule has 0 aromatic rings. The van der Waals surface area contributed by atoms with E-state index in [4.69, 9.17) is 33.4 Å². The van der Waals surface area contributed by atoms with Crippen molar-refractivity contribution >= 4 is 35.1 Å². The molecular weight excluding hydrogens is 233 g/mol. The highest BCUT2D eigenvalue weighted by Gasteiger charge is 2.13. The fraction of sp³-hybridized carbons (Fsp3) is 0.429. The summed E-state index contributed by atoms with van der Waals surface area (Å²) in [6.45, 7) is -0.788. The Hall–Kier alpha value is -0.780. The minimum atomic E-state index is -1.12. The molecule has 0 atom stereocenters. The average Bonchev–Trinajstić information content (AvgIpc) is 2.01. The number of carbonyl (C=O) groups is 2. The molecule has 0 radical (unpaired) electrons. The minimum Gasteiger partial charge on any atom is -0.480 e. The topological polar surface area (TPSA) is 77.8 Å². The van der Waals surface area contributed by atoms with Crippen molar-refractivity contribution in [3.8, 4) is 0 Å². The first-order valence-corrected chi connectivity index (χ1v) is 4.38. The first kappa shape index (κ1) is 13.2. The second-order valence-corrected chi connectivity index (χ2v) is 3.19. The van der Waals surface area contributed by atoms with E-state index in [1.165, 1.54) is 0 Å². The summed E-state index contributed by atoms with van der Waals surface area (Å²) in [6, 6.07) is 0. The van der Waals surface area contributed by atoms with Gasteiger partial charge in [0.15, 0.2) is 0 Å². The number of carboxylic acid groups (broad SMARTS) is 2. The van der Waals surface area contributed by atoms with E-state index in [2.05, 4.69) is 0 Å². The first-order chi connectivity index (χ1) is 6.45. The highest BCUT2D eigenvalue weighted by atomic mass is 35.5. The van der Waals surface area contributed by atoms with Crippen molar-refractivity contribution < 1.29 is 19.8 Å². The van der Waals surface area contributed by atoms with Gasteiger partial charge in [-0.15, -0.1) is 0 Å². The van der Waals surface area contributed by atoms with Gasteiger partial charge in [-0.2, -0.15) is 0 Å². The molecule has 5 nitrogen and oxygen atoms in total. The van der Waals surface area contributed by atoms with Gasteiger partial charge in [0.1, 0.15) is 0 Å². The molecule has 7 heteroatoms. The molecule has 0 aromatic carbocycles. The summed E-state index contributed by atoms with van der Waals surface area (Å²) in [7, 11) is 0. The third-order valence-electron chi connectivity index (χ3n) is 1.21. The Morgan fingerprint density at radius 3 is 1.86 bits per heavy atom. The van der Waals surface area contributed by atoms with E-state index in [9.17, 15) is 9.59 Å². The average molecular weight is 242 g/mol. The number of halogens is 2. The molecular formula is C7H9Cl2NO4. The van der Waals surface area contributed by atoms with Crippen molar-refractivity contribution in [3.05, 3.63) is 10.6 Å². The van der Waals surface area contributed by atoms with E-state index in [-0.39, 0.29) is 11.6 Å². The van der Waals surface area contributed by atoms with Gasteiger partial charge in [-0.3, -0.25) is 14.5 Å². The van der Waals surface area contributed by atoms with E-state index in [1.807, 2.05) is 0 Å². The molecule has 0 fully saturated rings. The standard InChI is InChI=1S/C7H9Cl2NO4/c8-1-5(9)2-10(3-6(11)12)4-7(13)14/h1H,2-4H2,(H,11,12)(H,13,14). The number of rotatable bonds is 6. The summed E-state index contributed by atoms with van der Waals surface area (Å²) in [5.41, 5.74) is 1.07. The zero-order valence-electron chi connectivity index (χ0n) is 7.11. The number of hydrogen-bond donors (Lipinski definition) is 2. The number of carboxylic acids is 2. The van der Waals surface area contributed by atoms with Crippen LogP contribution in [-0.4, -0.2) is 46.7 Å². The van der Waals surface area contributed by atoms with Gasteiger partial charge in [-0.1, -0.05) is 23.2 Å². The van der Waals surface area contributed by atoms with Crippen LogP contribution in [0.5, 0.6) is 0 Å². The molecule has 0 saturated carbocycles. The lowest BCUT2D eigenvalue weighted by molar-refractivity contribution is -0.141. The lowest BCUT2D eigenvalue weighted by Crippen LogP contribution is -2.35. The van der Waals surface area contributed by atoms with Gasteiger partial charge in [0.2, 0.25) is 0 Å². The van der Waals surface area contributed by atoms with Crippen LogP contribution in [0.15, 0.2) is 10.6 Å². The van der Waals surface area contributed by atoms with Gasteiger partial charge in [-0.05, 0) is 0 Å². The van der Waals surface area contributed by atoms with Crippen LogP contribution in [0.25, 0.3) is 0 Å². The van der Waals surface area contributed by atoms with Crippen LogP contribution in [0.3, 0.4) is 0 Å². The molecule has 0 unspecified atom stereocenters. The maximum Gasteiger partial charge on any atom is 0.317 e. The molecule has 0 saturated heterocycles. The summed E-state index contributed by atoms with van der Waals surface area (Å²) in [5, 5.41) is 17.1. The predicted molar refractivity (Wildman–Crippen MR) is 51.5 cm³/mol. The number of hydrogen-bond acceptors (Lipinski definition) is 3. The van der Waals surface area contributed by atoms with Crippen molar-refractivity contribution in [2.75, 3.05) is 19.6 Å². The summed E-state index contributed by atoms with van der Waals surface area (Å²) in [4.78, 5) is 21.8. The molecule has 0 aliphatic rings. The van der Waals surface area contributed by atoms with Crippen molar-refractivity contribution in [1.29, 1.82) is 0 Å². The van der Waals surface area contributed by atoms with Crippen LogP contribution in [0, 0.1) is 0 Å². The lowest BCUT2D eigenvalue weighted by Gasteiger charge is -2.16. The van der Waals surface area contributed by atoms with Gasteiger partial charge in [0, 0.05) is 17.1 Å². The first-order valence-electron chi connectivity index (χ1n) is 3.56. The largest absolute Gasteiger partial charge is 0.480 e. The fourth-order valence-corrected chi connectivity index (χ4v) is 1.04. The maximum atomic E-state index is 10.3. The fourth-order valence-electron chi connectivity index (χ4n) is 0.798. The molecule has 0 rings (SSSR count). The third kappa shape index (κ3) is 6.71. The SMILES string of the molecule is O=C(O)CN(CC(=O)O)CC(Cl)=CCl. The quantitative estimate of drug-likeness (QED) is 0.719. The summed E-state index contributed by atoms with van der Waals surface area (Å²) in [6.07, 6.45) is 0. The molecule has 0 aromatic heterocycles. The zero-order chi connectivity index (χ0) is 11.1. The molecule has 0 aliphatic carbocycles. The van der Waals surface area contributed by atoms with Gasteiger partial charge in [0.05, 0.1) is 13.1 Å². The summed E-state index contributed by atoms with van der Waals surface area (Å²) in [5.74, 6) is -2.24. The molecule has 0 bridgehead atoms. The molecule has 0 spiro atoms. The zero-order valence-corrected chi connectivity index (χ0v) is 8.62. The highest BCUT2D eigenvalue weighted by Crippen LogP contribution is 2.05. The number of nitrogens with zero attached hydrogens (tertiary/aromatic N) is 1. The predicted octanol–water partition coefficient (Wildman–Crippen LogP) is 0.777. The molecule has 0 amide bonds. The Morgan fingerprint density at radius 1 is 1.14 bits per heavy atom. The van der Waals surface area contributed by atoms with Gasteiger partial charge < -0.3 is 10.2 Å². The van der Waals surface area contributed by atoms with Gasteiger partial charge in [0.25, 0.3) is 0 Å². The van der Waals surface area contributed by atoms with Crippen molar-refractivity contribution in [1.82, 2.24) is 4.90 Å². The second-order valence-electron chi connectivity index (χ2n) is 2.49. The van der Waals surface area contributed by atoms with Crippen LogP contribution >= 0.6 is 23.2 Å². The Kier molecular flexibility index (Phi) is 6.27. The van der Waals surface area contributed by atoms with Crippen LogP contribution < -0.4 is 0 Å². The highest BCUT2D eigenvalue weighted by molar-refractivity contribution is 6.36. The van der Waals surface area contributed by atoms with E-state index in [0.717, 1.165) is 10.4 Å². The Morgan fingerprint density at radius 2 is 1.57 bits per heavy atom. The molecule has 14 heavy (non-hydrogen) atoms. The van der Waals surface area contributed by atoms with E-state index in [1.54, 1.807) is 0 Å². The van der Waals surface area contributed by atoms with Crippen molar-refractivity contribution in [3.63, 3.8) is 0 Å². The molecule has 0 heterocycles. The minimum absolute atomic E-state index is 0.00363. The van der Waals surface area contributed by atoms with Crippen LogP contribution in [0.1, 0.15) is 0 Å². The van der Waals surface area contributed by atoms with Crippen LogP contribution in [0.4, 0.5) is 0 Å².